The Hall–Kier alpha value is -2.13. The molecule has 1 heterocycles. The van der Waals surface area contributed by atoms with E-state index >= 15 is 0 Å². The predicted octanol–water partition coefficient (Wildman–Crippen LogP) is 2.44. The van der Waals surface area contributed by atoms with Gasteiger partial charge in [-0.1, -0.05) is 30.3 Å². The summed E-state index contributed by atoms with van der Waals surface area (Å²) in [5, 5.41) is 0. The predicted molar refractivity (Wildman–Crippen MR) is 80.4 cm³/mol. The molecule has 0 saturated heterocycles. The Kier molecular flexibility index (Phi) is 3.28. The molecule has 0 fully saturated rings. The van der Waals surface area contributed by atoms with Gasteiger partial charge in [-0.15, -0.1) is 0 Å². The average molecular weight is 266 g/mol. The second-order valence-electron chi connectivity index (χ2n) is 5.27. The molecule has 20 heavy (non-hydrogen) atoms. The van der Waals surface area contributed by atoms with E-state index in [9.17, 15) is 4.79 Å². The number of fused-ring (bicyclic) bond motifs is 1. The van der Waals surface area contributed by atoms with Crippen LogP contribution in [0.5, 0.6) is 0 Å². The number of rotatable bonds is 3. The van der Waals surface area contributed by atoms with Gasteiger partial charge in [-0.05, 0) is 47.4 Å². The first kappa shape index (κ1) is 12.9. The molecule has 2 N–H and O–H groups in total. The number of carbonyl (C=O) groups is 1. The smallest absolute Gasteiger partial charge is 0.254 e. The quantitative estimate of drug-likeness (QED) is 0.927. The van der Waals surface area contributed by atoms with Crippen LogP contribution in [0.4, 0.5) is 0 Å². The van der Waals surface area contributed by atoms with Crippen LogP contribution >= 0.6 is 0 Å². The van der Waals surface area contributed by atoms with Crippen molar-refractivity contribution in [3.8, 4) is 11.1 Å². The topological polar surface area (TPSA) is 46.3 Å². The van der Waals surface area contributed by atoms with E-state index in [1.54, 1.807) is 4.90 Å². The number of amides is 1. The zero-order chi connectivity index (χ0) is 14.1. The molecule has 0 atom stereocenters. The van der Waals surface area contributed by atoms with Crippen LogP contribution < -0.4 is 5.73 Å². The van der Waals surface area contributed by atoms with Crippen molar-refractivity contribution in [3.63, 3.8) is 0 Å². The summed E-state index contributed by atoms with van der Waals surface area (Å²) in [5.74, 6) is 0.116. The number of hydrogen-bond acceptors (Lipinski definition) is 2. The molecule has 1 amide bonds. The molecule has 0 spiro atoms. The first-order valence-corrected chi connectivity index (χ1v) is 6.87. The van der Waals surface area contributed by atoms with Gasteiger partial charge in [0.15, 0.2) is 0 Å². The van der Waals surface area contributed by atoms with Crippen LogP contribution in [-0.4, -0.2) is 24.4 Å². The van der Waals surface area contributed by atoms with Crippen molar-refractivity contribution >= 4 is 5.91 Å². The van der Waals surface area contributed by atoms with Gasteiger partial charge in [-0.2, -0.15) is 0 Å². The second kappa shape index (κ2) is 5.10. The number of hydrogen-bond donors (Lipinski definition) is 1. The van der Waals surface area contributed by atoms with Crippen LogP contribution in [0.1, 0.15) is 21.5 Å². The van der Waals surface area contributed by atoms with Crippen molar-refractivity contribution in [1.29, 1.82) is 0 Å². The first-order valence-electron chi connectivity index (χ1n) is 6.87. The fourth-order valence-corrected chi connectivity index (χ4v) is 2.68. The third kappa shape index (κ3) is 2.21. The fourth-order valence-electron chi connectivity index (χ4n) is 2.68. The summed E-state index contributed by atoms with van der Waals surface area (Å²) in [6.07, 6.45) is 0.907. The van der Waals surface area contributed by atoms with Crippen LogP contribution in [0.15, 0.2) is 42.5 Å². The molecule has 2 aromatic rings. The van der Waals surface area contributed by atoms with Crippen LogP contribution in [0.2, 0.25) is 0 Å². The summed E-state index contributed by atoms with van der Waals surface area (Å²) in [5.41, 5.74) is 11.1. The normalized spacial score (nSPS) is 13.7. The summed E-state index contributed by atoms with van der Waals surface area (Å²) in [7, 11) is 1.84. The van der Waals surface area contributed by atoms with E-state index in [0.717, 1.165) is 23.1 Å². The molecule has 102 valence electrons. The Labute approximate surface area is 119 Å². The van der Waals surface area contributed by atoms with Crippen molar-refractivity contribution in [2.75, 3.05) is 13.6 Å². The van der Waals surface area contributed by atoms with E-state index in [1.807, 2.05) is 19.2 Å². The molecule has 0 aromatic heterocycles. The maximum Gasteiger partial charge on any atom is 0.254 e. The fraction of sp³-hybridized carbons (Fsp3) is 0.235. The number of benzene rings is 2. The lowest BCUT2D eigenvalue weighted by atomic mass is 9.99. The molecular formula is C17H18N2O. The Morgan fingerprint density at radius 2 is 1.80 bits per heavy atom. The summed E-state index contributed by atoms with van der Waals surface area (Å²) < 4.78 is 0. The first-order chi connectivity index (χ1) is 9.69. The van der Waals surface area contributed by atoms with Crippen LogP contribution in [0.3, 0.4) is 0 Å². The average Bonchev–Trinajstić information content (AvgIpc) is 2.75. The lowest BCUT2D eigenvalue weighted by molar-refractivity contribution is 0.0816. The highest BCUT2D eigenvalue weighted by Gasteiger charge is 2.24. The van der Waals surface area contributed by atoms with Gasteiger partial charge in [0.2, 0.25) is 0 Å². The Morgan fingerprint density at radius 1 is 1.10 bits per heavy atom. The molecule has 1 aliphatic rings. The molecule has 1 aliphatic heterocycles. The highest BCUT2D eigenvalue weighted by atomic mass is 16.2. The number of nitrogens with zero attached hydrogens (tertiary/aromatic N) is 1. The van der Waals surface area contributed by atoms with Crippen molar-refractivity contribution in [1.82, 2.24) is 4.90 Å². The molecular weight excluding hydrogens is 248 g/mol. The third-order valence-electron chi connectivity index (χ3n) is 3.81. The van der Waals surface area contributed by atoms with Crippen molar-refractivity contribution in [2.45, 2.75) is 13.0 Å². The summed E-state index contributed by atoms with van der Waals surface area (Å²) in [4.78, 5) is 13.6. The van der Waals surface area contributed by atoms with E-state index in [0.29, 0.717) is 13.1 Å². The summed E-state index contributed by atoms with van der Waals surface area (Å²) in [6.45, 7) is 1.37. The molecule has 3 heteroatoms. The molecule has 2 aromatic carbocycles. The molecule has 3 nitrogen and oxygen atoms in total. The molecule has 0 aliphatic carbocycles. The lowest BCUT2D eigenvalue weighted by Crippen LogP contribution is -2.17. The van der Waals surface area contributed by atoms with Gasteiger partial charge >= 0.3 is 0 Å². The lowest BCUT2D eigenvalue weighted by Gasteiger charge is -2.06. The van der Waals surface area contributed by atoms with Gasteiger partial charge < -0.3 is 10.6 Å². The number of carbonyl (C=O) groups excluding carboxylic acids is 1. The van der Waals surface area contributed by atoms with E-state index in [1.165, 1.54) is 11.1 Å². The maximum atomic E-state index is 11.9. The number of nitrogens with two attached hydrogens (primary N) is 1. The minimum atomic E-state index is 0.116. The van der Waals surface area contributed by atoms with Gasteiger partial charge in [-0.25, -0.2) is 0 Å². The highest BCUT2D eigenvalue weighted by molar-refractivity contribution is 5.98. The van der Waals surface area contributed by atoms with Gasteiger partial charge in [0, 0.05) is 19.2 Å². The van der Waals surface area contributed by atoms with Crippen LogP contribution in [-0.2, 0) is 13.0 Å². The molecule has 0 bridgehead atoms. The van der Waals surface area contributed by atoms with Gasteiger partial charge in [0.25, 0.3) is 5.91 Å². The summed E-state index contributed by atoms with van der Waals surface area (Å²) >= 11 is 0. The Balaban J connectivity index is 1.92. The zero-order valence-corrected chi connectivity index (χ0v) is 11.6. The molecule has 0 unspecified atom stereocenters. The molecule has 0 radical (unpaired) electrons. The standard InChI is InChI=1S/C17H18N2O/c1-19-11-15-10-14(6-7-16(15)17(19)20)13-4-2-12(3-5-13)8-9-18/h2-7,10H,8-9,11,18H2,1H3. The highest BCUT2D eigenvalue weighted by Crippen LogP contribution is 2.28. The van der Waals surface area contributed by atoms with E-state index in [4.69, 9.17) is 5.73 Å². The van der Waals surface area contributed by atoms with E-state index < -0.39 is 0 Å². The maximum absolute atomic E-state index is 11.9. The van der Waals surface area contributed by atoms with Crippen LogP contribution in [0, 0.1) is 0 Å². The largest absolute Gasteiger partial charge is 0.337 e. The summed E-state index contributed by atoms with van der Waals surface area (Å²) in [6, 6.07) is 14.5. The minimum Gasteiger partial charge on any atom is -0.337 e. The van der Waals surface area contributed by atoms with Crippen LogP contribution in [0.25, 0.3) is 11.1 Å². The van der Waals surface area contributed by atoms with Gasteiger partial charge in [0.05, 0.1) is 0 Å². The van der Waals surface area contributed by atoms with Crippen molar-refractivity contribution in [3.05, 3.63) is 59.2 Å². The Morgan fingerprint density at radius 3 is 2.50 bits per heavy atom. The van der Waals surface area contributed by atoms with Crippen molar-refractivity contribution < 1.29 is 4.79 Å². The Bertz CT molecular complexity index is 647. The van der Waals surface area contributed by atoms with Gasteiger partial charge in [0.1, 0.15) is 0 Å². The van der Waals surface area contributed by atoms with Gasteiger partial charge in [-0.3, -0.25) is 4.79 Å². The van der Waals surface area contributed by atoms with E-state index in [2.05, 4.69) is 30.3 Å². The zero-order valence-electron chi connectivity index (χ0n) is 11.6. The molecule has 0 saturated carbocycles. The van der Waals surface area contributed by atoms with E-state index in [-0.39, 0.29) is 5.91 Å². The minimum absolute atomic E-state index is 0.116. The molecule has 3 rings (SSSR count). The monoisotopic (exact) mass is 266 g/mol. The SMILES string of the molecule is CN1Cc2cc(-c3ccc(CCN)cc3)ccc2C1=O. The van der Waals surface area contributed by atoms with Crippen molar-refractivity contribution in [2.24, 2.45) is 5.73 Å². The second-order valence-corrected chi connectivity index (χ2v) is 5.27. The third-order valence-corrected chi connectivity index (χ3v) is 3.81.